The van der Waals surface area contributed by atoms with Crippen LogP contribution in [0.15, 0.2) is 36.4 Å². The summed E-state index contributed by atoms with van der Waals surface area (Å²) >= 11 is 0. The maximum atomic E-state index is 12.2. The maximum Gasteiger partial charge on any atom is 0.322 e. The molecule has 0 radical (unpaired) electrons. The molecule has 1 aliphatic heterocycles. The zero-order valence-corrected chi connectivity index (χ0v) is 14.7. The Hall–Kier alpha value is -3.00. The number of rotatable bonds is 5. The summed E-state index contributed by atoms with van der Waals surface area (Å²) in [4.78, 5) is 18.2. The van der Waals surface area contributed by atoms with E-state index in [1.807, 2.05) is 24.3 Å². The molecule has 1 aliphatic rings. The number of aromatic nitrogens is 1. The van der Waals surface area contributed by atoms with Gasteiger partial charge in [0, 0.05) is 19.6 Å². The average molecular weight is 357 g/mol. The molecular formula is C18H23N5O3. The van der Waals surface area contributed by atoms with Gasteiger partial charge in [0.2, 0.25) is 0 Å². The number of carbonyl (C=O) groups is 1. The highest BCUT2D eigenvalue weighted by Gasteiger charge is 2.17. The van der Waals surface area contributed by atoms with Gasteiger partial charge in [-0.15, -0.1) is 0 Å². The number of carbonyl (C=O) groups excluding carboxylic acids is 1. The maximum absolute atomic E-state index is 12.2. The molecule has 1 fully saturated rings. The van der Waals surface area contributed by atoms with Gasteiger partial charge in [0.05, 0.1) is 26.0 Å². The number of hydrogen-bond donors (Lipinski definition) is 3. The molecule has 1 aromatic heterocycles. The number of benzene rings is 1. The smallest absolute Gasteiger partial charge is 0.322 e. The van der Waals surface area contributed by atoms with E-state index in [0.29, 0.717) is 44.4 Å². The summed E-state index contributed by atoms with van der Waals surface area (Å²) in [5, 5.41) is 6.01. The van der Waals surface area contributed by atoms with Crippen molar-refractivity contribution < 1.29 is 14.3 Å². The van der Waals surface area contributed by atoms with Crippen LogP contribution in [0.5, 0.6) is 5.75 Å². The van der Waals surface area contributed by atoms with Gasteiger partial charge < -0.3 is 30.7 Å². The van der Waals surface area contributed by atoms with Gasteiger partial charge in [-0.05, 0) is 29.8 Å². The Balaban J connectivity index is 1.57. The average Bonchev–Trinajstić information content (AvgIpc) is 2.69. The van der Waals surface area contributed by atoms with Gasteiger partial charge >= 0.3 is 6.03 Å². The monoisotopic (exact) mass is 357 g/mol. The molecule has 2 aromatic rings. The summed E-state index contributed by atoms with van der Waals surface area (Å²) < 4.78 is 10.4. The lowest BCUT2D eigenvalue weighted by Crippen LogP contribution is -2.43. The molecule has 3 rings (SSSR count). The normalized spacial score (nSPS) is 14.0. The van der Waals surface area contributed by atoms with Crippen LogP contribution in [0.2, 0.25) is 0 Å². The molecule has 0 aliphatic carbocycles. The van der Waals surface area contributed by atoms with Crippen molar-refractivity contribution in [2.24, 2.45) is 0 Å². The number of hydrogen-bond acceptors (Lipinski definition) is 6. The lowest BCUT2D eigenvalue weighted by Gasteiger charge is -2.27. The van der Waals surface area contributed by atoms with Crippen LogP contribution in [0.3, 0.4) is 0 Å². The van der Waals surface area contributed by atoms with Crippen LogP contribution in [0, 0.1) is 0 Å². The quantitative estimate of drug-likeness (QED) is 0.758. The van der Waals surface area contributed by atoms with Gasteiger partial charge in [-0.1, -0.05) is 12.1 Å². The Labute approximate surface area is 152 Å². The lowest BCUT2D eigenvalue weighted by molar-refractivity contribution is 0.0564. The van der Waals surface area contributed by atoms with E-state index in [1.165, 1.54) is 0 Å². The highest BCUT2D eigenvalue weighted by atomic mass is 16.5. The van der Waals surface area contributed by atoms with Crippen molar-refractivity contribution >= 4 is 23.4 Å². The SMILES string of the molecule is COc1ccc(CNc2ccc(NC(=O)N3CCOCC3)c(N)n2)cc1. The largest absolute Gasteiger partial charge is 0.497 e. The summed E-state index contributed by atoms with van der Waals surface area (Å²) in [6.45, 7) is 2.85. The summed E-state index contributed by atoms with van der Waals surface area (Å²) in [6.07, 6.45) is 0. The lowest BCUT2D eigenvalue weighted by atomic mass is 10.2. The van der Waals surface area contributed by atoms with Crippen LogP contribution in [-0.4, -0.2) is 49.3 Å². The van der Waals surface area contributed by atoms with Gasteiger partial charge in [-0.3, -0.25) is 0 Å². The predicted molar refractivity (Wildman–Crippen MR) is 100 cm³/mol. The minimum Gasteiger partial charge on any atom is -0.497 e. The second-order valence-electron chi connectivity index (χ2n) is 5.86. The molecule has 1 aromatic carbocycles. The summed E-state index contributed by atoms with van der Waals surface area (Å²) in [6, 6.07) is 11.1. The zero-order chi connectivity index (χ0) is 18.4. The molecule has 0 spiro atoms. The van der Waals surface area contributed by atoms with Crippen LogP contribution in [0.25, 0.3) is 0 Å². The third kappa shape index (κ3) is 4.54. The van der Waals surface area contributed by atoms with E-state index in [-0.39, 0.29) is 11.8 Å². The first kappa shape index (κ1) is 17.8. The minimum absolute atomic E-state index is 0.194. The zero-order valence-electron chi connectivity index (χ0n) is 14.7. The number of ether oxygens (including phenoxy) is 2. The van der Waals surface area contributed by atoms with E-state index >= 15 is 0 Å². The van der Waals surface area contributed by atoms with E-state index in [4.69, 9.17) is 15.2 Å². The molecule has 2 amide bonds. The summed E-state index contributed by atoms with van der Waals surface area (Å²) in [7, 11) is 1.64. The minimum atomic E-state index is -0.194. The molecule has 26 heavy (non-hydrogen) atoms. The van der Waals surface area contributed by atoms with E-state index < -0.39 is 0 Å². The molecule has 8 nitrogen and oxygen atoms in total. The van der Waals surface area contributed by atoms with Crippen LogP contribution >= 0.6 is 0 Å². The van der Waals surface area contributed by atoms with E-state index in [9.17, 15) is 4.79 Å². The standard InChI is InChI=1S/C18H23N5O3/c1-25-14-4-2-13(3-5-14)12-20-16-7-6-15(17(19)22-16)21-18(24)23-8-10-26-11-9-23/h2-7H,8-12H2,1H3,(H,21,24)(H3,19,20,22). The molecule has 0 bridgehead atoms. The van der Waals surface area contributed by atoms with Gasteiger partial charge in [-0.25, -0.2) is 9.78 Å². The van der Waals surface area contributed by atoms with Crippen molar-refractivity contribution in [1.29, 1.82) is 0 Å². The number of amides is 2. The summed E-state index contributed by atoms with van der Waals surface area (Å²) in [5.41, 5.74) is 7.57. The predicted octanol–water partition coefficient (Wildman–Crippen LogP) is 2.15. The number of morpholine rings is 1. The first-order chi connectivity index (χ1) is 12.7. The number of urea groups is 1. The van der Waals surface area contributed by atoms with Gasteiger partial charge in [0.25, 0.3) is 0 Å². The molecule has 1 saturated heterocycles. The Kier molecular flexibility index (Phi) is 5.75. The number of nitrogen functional groups attached to an aromatic ring is 1. The second-order valence-corrected chi connectivity index (χ2v) is 5.86. The van der Waals surface area contributed by atoms with E-state index in [1.54, 1.807) is 24.1 Å². The van der Waals surface area contributed by atoms with Crippen LogP contribution in [-0.2, 0) is 11.3 Å². The number of nitrogens with zero attached hydrogens (tertiary/aromatic N) is 2. The Morgan fingerprint density at radius 2 is 1.96 bits per heavy atom. The van der Waals surface area contributed by atoms with Gasteiger partial charge in [0.15, 0.2) is 0 Å². The Morgan fingerprint density at radius 1 is 1.23 bits per heavy atom. The fourth-order valence-electron chi connectivity index (χ4n) is 2.58. The van der Waals surface area contributed by atoms with E-state index in [0.717, 1.165) is 11.3 Å². The van der Waals surface area contributed by atoms with Crippen molar-refractivity contribution in [1.82, 2.24) is 9.88 Å². The van der Waals surface area contributed by atoms with Crippen LogP contribution in [0.1, 0.15) is 5.56 Å². The number of nitrogens with two attached hydrogens (primary N) is 1. The summed E-state index contributed by atoms with van der Waals surface area (Å²) in [5.74, 6) is 1.73. The number of anilines is 3. The second kappa shape index (κ2) is 8.39. The molecule has 2 heterocycles. The van der Waals surface area contributed by atoms with Crippen LogP contribution in [0.4, 0.5) is 22.1 Å². The van der Waals surface area contributed by atoms with Gasteiger partial charge in [-0.2, -0.15) is 0 Å². The van der Waals surface area contributed by atoms with Crippen molar-refractivity contribution in [3.63, 3.8) is 0 Å². The first-order valence-corrected chi connectivity index (χ1v) is 8.42. The molecule has 8 heteroatoms. The van der Waals surface area contributed by atoms with Crippen molar-refractivity contribution in [3.8, 4) is 5.75 Å². The molecule has 138 valence electrons. The van der Waals surface area contributed by atoms with Crippen molar-refractivity contribution in [3.05, 3.63) is 42.0 Å². The molecule has 4 N–H and O–H groups in total. The molecule has 0 saturated carbocycles. The highest BCUT2D eigenvalue weighted by molar-refractivity contribution is 5.92. The Bertz CT molecular complexity index is 745. The van der Waals surface area contributed by atoms with E-state index in [2.05, 4.69) is 15.6 Å². The first-order valence-electron chi connectivity index (χ1n) is 8.42. The van der Waals surface area contributed by atoms with Crippen molar-refractivity contribution in [2.75, 3.05) is 49.8 Å². The van der Waals surface area contributed by atoms with Crippen LogP contribution < -0.4 is 21.1 Å². The van der Waals surface area contributed by atoms with Gasteiger partial charge in [0.1, 0.15) is 17.4 Å². The number of pyridine rings is 1. The highest BCUT2D eigenvalue weighted by Crippen LogP contribution is 2.20. The Morgan fingerprint density at radius 3 is 2.62 bits per heavy atom. The topological polar surface area (TPSA) is 102 Å². The number of methoxy groups -OCH3 is 1. The molecular weight excluding hydrogens is 334 g/mol. The van der Waals surface area contributed by atoms with Crippen molar-refractivity contribution in [2.45, 2.75) is 6.54 Å². The fraction of sp³-hybridized carbons (Fsp3) is 0.333. The number of nitrogens with one attached hydrogen (secondary N) is 2. The molecule has 0 unspecified atom stereocenters. The third-order valence-corrected chi connectivity index (χ3v) is 4.10. The third-order valence-electron chi connectivity index (χ3n) is 4.10. The fourth-order valence-corrected chi connectivity index (χ4v) is 2.58. The molecule has 0 atom stereocenters.